The topological polar surface area (TPSA) is 80.6 Å². The summed E-state index contributed by atoms with van der Waals surface area (Å²) in [4.78, 5) is 23.8. The molecule has 0 saturated heterocycles. The Morgan fingerprint density at radius 1 is 1.43 bits per heavy atom. The van der Waals surface area contributed by atoms with Crippen molar-refractivity contribution in [2.24, 2.45) is 11.8 Å². The van der Waals surface area contributed by atoms with Gasteiger partial charge in [0.15, 0.2) is 0 Å². The van der Waals surface area contributed by atoms with Crippen LogP contribution in [0.25, 0.3) is 0 Å². The molecule has 1 aliphatic rings. The van der Waals surface area contributed by atoms with Gasteiger partial charge in [-0.3, -0.25) is 4.79 Å². The molecule has 6 nitrogen and oxygen atoms in total. The summed E-state index contributed by atoms with van der Waals surface area (Å²) in [5.74, 6) is 1.46. The maximum Gasteiger partial charge on any atom is 0.407 e. The Labute approximate surface area is 137 Å². The van der Waals surface area contributed by atoms with Crippen molar-refractivity contribution in [1.82, 2.24) is 10.6 Å². The molecule has 1 heterocycles. The predicted octanol–water partition coefficient (Wildman–Crippen LogP) is 2.66. The van der Waals surface area contributed by atoms with Crippen molar-refractivity contribution < 1.29 is 18.7 Å². The third-order valence-electron chi connectivity index (χ3n) is 3.91. The first-order valence-corrected chi connectivity index (χ1v) is 8.25. The Balaban J connectivity index is 1.78. The molecule has 23 heavy (non-hydrogen) atoms. The highest BCUT2D eigenvalue weighted by Gasteiger charge is 2.45. The van der Waals surface area contributed by atoms with Crippen LogP contribution in [-0.2, 0) is 9.53 Å². The van der Waals surface area contributed by atoms with Crippen molar-refractivity contribution in [3.63, 3.8) is 0 Å². The molecule has 1 aromatic heterocycles. The number of ether oxygens (including phenoxy) is 1. The van der Waals surface area contributed by atoms with Crippen LogP contribution in [0.4, 0.5) is 4.79 Å². The number of hydrogen-bond donors (Lipinski definition) is 2. The van der Waals surface area contributed by atoms with Gasteiger partial charge >= 0.3 is 6.09 Å². The molecule has 3 atom stereocenters. The van der Waals surface area contributed by atoms with E-state index in [4.69, 9.17) is 9.15 Å². The second kappa shape index (κ2) is 8.04. The normalized spacial score (nSPS) is 20.9. The second-order valence-electron chi connectivity index (χ2n) is 6.40. The average Bonchev–Trinajstić information content (AvgIpc) is 3.10. The van der Waals surface area contributed by atoms with Gasteiger partial charge in [-0.15, -0.1) is 0 Å². The van der Waals surface area contributed by atoms with Crippen LogP contribution in [0.2, 0.25) is 0 Å². The lowest BCUT2D eigenvalue weighted by atomic mass is 10.0. The highest BCUT2D eigenvalue weighted by molar-refractivity contribution is 5.82. The minimum absolute atomic E-state index is 0.0193. The highest BCUT2D eigenvalue weighted by atomic mass is 16.5. The third-order valence-corrected chi connectivity index (χ3v) is 3.91. The van der Waals surface area contributed by atoms with E-state index in [-0.39, 0.29) is 23.8 Å². The summed E-state index contributed by atoms with van der Waals surface area (Å²) in [6.45, 7) is 6.67. The standard InChI is InChI=1S/C17H26N2O4/c1-4-22-17(21)19-12(8-11(2)3)10-18-16(20)14-9-13(14)15-6-5-7-23-15/h5-7,11-14H,4,8-10H2,1-3H3,(H,18,20)(H,19,21). The van der Waals surface area contributed by atoms with E-state index < -0.39 is 6.09 Å². The number of carbonyl (C=O) groups is 2. The summed E-state index contributed by atoms with van der Waals surface area (Å²) in [6, 6.07) is 3.62. The lowest BCUT2D eigenvalue weighted by Crippen LogP contribution is -2.45. The Kier molecular flexibility index (Phi) is 6.07. The van der Waals surface area contributed by atoms with Crippen LogP contribution < -0.4 is 10.6 Å². The van der Waals surface area contributed by atoms with Gasteiger partial charge in [-0.2, -0.15) is 0 Å². The quantitative estimate of drug-likeness (QED) is 0.771. The van der Waals surface area contributed by atoms with Gasteiger partial charge in [0.2, 0.25) is 5.91 Å². The lowest BCUT2D eigenvalue weighted by Gasteiger charge is -2.20. The molecule has 1 aliphatic carbocycles. The molecule has 6 heteroatoms. The molecule has 0 bridgehead atoms. The van der Waals surface area contributed by atoms with E-state index >= 15 is 0 Å². The van der Waals surface area contributed by atoms with Crippen LogP contribution in [0.3, 0.4) is 0 Å². The van der Waals surface area contributed by atoms with E-state index in [1.807, 2.05) is 12.1 Å². The van der Waals surface area contributed by atoms with Crippen LogP contribution >= 0.6 is 0 Å². The zero-order valence-electron chi connectivity index (χ0n) is 14.0. The molecular formula is C17H26N2O4. The van der Waals surface area contributed by atoms with Gasteiger partial charge < -0.3 is 19.8 Å². The first-order valence-electron chi connectivity index (χ1n) is 8.25. The van der Waals surface area contributed by atoms with E-state index in [0.717, 1.165) is 18.6 Å². The highest BCUT2D eigenvalue weighted by Crippen LogP contribution is 2.47. The van der Waals surface area contributed by atoms with E-state index in [2.05, 4.69) is 24.5 Å². The van der Waals surface area contributed by atoms with Crippen molar-refractivity contribution in [3.05, 3.63) is 24.2 Å². The number of furan rings is 1. The van der Waals surface area contributed by atoms with Crippen molar-refractivity contribution in [1.29, 1.82) is 0 Å². The molecule has 1 aromatic rings. The van der Waals surface area contributed by atoms with Crippen LogP contribution in [0, 0.1) is 11.8 Å². The minimum Gasteiger partial charge on any atom is -0.469 e. The van der Waals surface area contributed by atoms with Gasteiger partial charge in [-0.05, 0) is 37.8 Å². The number of nitrogens with one attached hydrogen (secondary N) is 2. The Hall–Kier alpha value is -1.98. The predicted molar refractivity (Wildman–Crippen MR) is 86.0 cm³/mol. The number of rotatable bonds is 8. The van der Waals surface area contributed by atoms with Gasteiger partial charge in [-0.25, -0.2) is 4.79 Å². The lowest BCUT2D eigenvalue weighted by molar-refractivity contribution is -0.122. The minimum atomic E-state index is -0.438. The zero-order valence-corrected chi connectivity index (χ0v) is 14.0. The number of amides is 2. The molecule has 1 fully saturated rings. The summed E-state index contributed by atoms with van der Waals surface area (Å²) < 4.78 is 10.3. The van der Waals surface area contributed by atoms with E-state index in [0.29, 0.717) is 19.1 Å². The molecule has 128 valence electrons. The molecule has 0 aromatic carbocycles. The van der Waals surface area contributed by atoms with Crippen molar-refractivity contribution in [3.8, 4) is 0 Å². The third kappa shape index (κ3) is 5.30. The fourth-order valence-corrected chi connectivity index (χ4v) is 2.76. The van der Waals surface area contributed by atoms with Gasteiger partial charge in [-0.1, -0.05) is 13.8 Å². The summed E-state index contributed by atoms with van der Waals surface area (Å²) in [5, 5.41) is 5.75. The Morgan fingerprint density at radius 3 is 2.83 bits per heavy atom. The smallest absolute Gasteiger partial charge is 0.407 e. The molecular weight excluding hydrogens is 296 g/mol. The molecule has 0 radical (unpaired) electrons. The fraction of sp³-hybridized carbons (Fsp3) is 0.647. The molecule has 0 aliphatic heterocycles. The summed E-state index contributed by atoms with van der Waals surface area (Å²) in [6.07, 6.45) is 2.79. The maximum atomic E-state index is 12.2. The van der Waals surface area contributed by atoms with Crippen LogP contribution in [0.15, 0.2) is 22.8 Å². The van der Waals surface area contributed by atoms with E-state index in [9.17, 15) is 9.59 Å². The number of alkyl carbamates (subject to hydrolysis) is 1. The molecule has 1 saturated carbocycles. The van der Waals surface area contributed by atoms with Gasteiger partial charge in [0.05, 0.1) is 12.9 Å². The maximum absolute atomic E-state index is 12.2. The van der Waals surface area contributed by atoms with Gasteiger partial charge in [0, 0.05) is 24.4 Å². The van der Waals surface area contributed by atoms with Crippen molar-refractivity contribution in [2.75, 3.05) is 13.2 Å². The van der Waals surface area contributed by atoms with Gasteiger partial charge in [0.1, 0.15) is 5.76 Å². The van der Waals surface area contributed by atoms with Gasteiger partial charge in [0.25, 0.3) is 0 Å². The van der Waals surface area contributed by atoms with Crippen molar-refractivity contribution >= 4 is 12.0 Å². The fourth-order valence-electron chi connectivity index (χ4n) is 2.76. The molecule has 2 N–H and O–H groups in total. The summed E-state index contributed by atoms with van der Waals surface area (Å²) in [7, 11) is 0. The summed E-state index contributed by atoms with van der Waals surface area (Å²) in [5.41, 5.74) is 0. The Morgan fingerprint density at radius 2 is 2.22 bits per heavy atom. The number of hydrogen-bond acceptors (Lipinski definition) is 4. The monoisotopic (exact) mass is 322 g/mol. The molecule has 2 amide bonds. The van der Waals surface area contributed by atoms with Crippen LogP contribution in [-0.4, -0.2) is 31.2 Å². The number of carbonyl (C=O) groups excluding carboxylic acids is 2. The summed E-state index contributed by atoms with van der Waals surface area (Å²) >= 11 is 0. The molecule has 0 spiro atoms. The molecule has 2 rings (SSSR count). The van der Waals surface area contributed by atoms with Crippen LogP contribution in [0.5, 0.6) is 0 Å². The second-order valence-corrected chi connectivity index (χ2v) is 6.40. The zero-order chi connectivity index (χ0) is 16.8. The van der Waals surface area contributed by atoms with Crippen LogP contribution in [0.1, 0.15) is 45.3 Å². The first kappa shape index (κ1) is 17.4. The Bertz CT molecular complexity index is 513. The molecule has 3 unspecified atom stereocenters. The average molecular weight is 322 g/mol. The first-order chi connectivity index (χ1) is 11.0. The SMILES string of the molecule is CCOC(=O)NC(CNC(=O)C1CC1c1ccco1)CC(C)C. The largest absolute Gasteiger partial charge is 0.469 e. The van der Waals surface area contributed by atoms with E-state index in [1.54, 1.807) is 13.2 Å². The van der Waals surface area contributed by atoms with Crippen molar-refractivity contribution in [2.45, 2.75) is 45.6 Å². The van der Waals surface area contributed by atoms with E-state index in [1.165, 1.54) is 0 Å².